The third-order valence-corrected chi connectivity index (χ3v) is 9.06. The van der Waals surface area contributed by atoms with Crippen LogP contribution in [0.25, 0.3) is 5.57 Å². The monoisotopic (exact) mass is 697 g/mol. The standard InChI is InChI=1S/C48H51N5/c1-8-19-42(53-35-39(6)44-26-13-15-27-46(44)52(7)33-18-21-36(3)43-25-14-16-28-47(43)53)31-29-38(5)48(50)51-45(32-30-41-22-11-10-12-23-41)37(4)20-17-24-40(9-2)34-49/h8-23,25-29,31-32,36,40H,1-2,4-6,24,30,33,35H2,3,7H3,(H2,50,51)/b20-17-,21-18-,31-29-,42-19+,45-32-. The second kappa shape index (κ2) is 19.9. The molecular formula is C48H51N5. The van der Waals surface area contributed by atoms with Gasteiger partial charge in [0.25, 0.3) is 0 Å². The minimum atomic E-state index is -0.275. The molecule has 1 aliphatic heterocycles. The zero-order valence-electron chi connectivity index (χ0n) is 31.2. The van der Waals surface area contributed by atoms with Crippen LogP contribution in [0.5, 0.6) is 0 Å². The van der Waals surface area contributed by atoms with Gasteiger partial charge >= 0.3 is 0 Å². The third kappa shape index (κ3) is 11.1. The first-order valence-electron chi connectivity index (χ1n) is 17.8. The van der Waals surface area contributed by atoms with Crippen molar-refractivity contribution in [1.82, 2.24) is 0 Å². The van der Waals surface area contributed by atoms with Gasteiger partial charge in [0.05, 0.1) is 17.7 Å². The predicted octanol–water partition coefficient (Wildman–Crippen LogP) is 10.8. The number of allylic oxidation sites excluding steroid dienone is 8. The average molecular weight is 698 g/mol. The highest BCUT2D eigenvalue weighted by Crippen LogP contribution is 2.35. The second-order valence-electron chi connectivity index (χ2n) is 13.0. The summed E-state index contributed by atoms with van der Waals surface area (Å²) in [4.78, 5) is 9.34. The fourth-order valence-electron chi connectivity index (χ4n) is 5.99. The summed E-state index contributed by atoms with van der Waals surface area (Å²) in [5.74, 6) is 0.161. The maximum atomic E-state index is 9.33. The van der Waals surface area contributed by atoms with Gasteiger partial charge in [-0.25, -0.2) is 4.99 Å². The van der Waals surface area contributed by atoms with Gasteiger partial charge in [0.2, 0.25) is 0 Å². The Morgan fingerprint density at radius 3 is 2.38 bits per heavy atom. The molecule has 2 atom stereocenters. The minimum Gasteiger partial charge on any atom is -0.383 e. The molecular weight excluding hydrogens is 647 g/mol. The van der Waals surface area contributed by atoms with Crippen molar-refractivity contribution in [3.63, 3.8) is 0 Å². The van der Waals surface area contributed by atoms with Gasteiger partial charge < -0.3 is 15.5 Å². The number of nitrogens with two attached hydrogens (primary N) is 1. The maximum Gasteiger partial charge on any atom is 0.130 e. The number of amidine groups is 1. The lowest BCUT2D eigenvalue weighted by Gasteiger charge is -2.32. The SMILES string of the molecule is C=C/C=C(\C=C/C(=C)C(N)=N/C(=C\Cc1ccccc1)C(=C)/C=C\CC(C#N)C=C)N1CC(=C)c2ccccc2N(C)C/C=C\C(C)c2ccccc21. The smallest absolute Gasteiger partial charge is 0.130 e. The molecule has 4 rings (SSSR count). The summed E-state index contributed by atoms with van der Waals surface area (Å²) in [5, 5.41) is 9.33. The number of fused-ring (bicyclic) bond motifs is 2. The molecule has 53 heavy (non-hydrogen) atoms. The van der Waals surface area contributed by atoms with Crippen LogP contribution >= 0.6 is 0 Å². The number of rotatable bonds is 13. The molecule has 1 heterocycles. The molecule has 0 bridgehead atoms. The molecule has 3 aromatic carbocycles. The van der Waals surface area contributed by atoms with E-state index in [1.165, 1.54) is 5.56 Å². The summed E-state index contributed by atoms with van der Waals surface area (Å²) in [5.41, 5.74) is 16.0. The Hall–Kier alpha value is -6.38. The number of benzene rings is 3. The van der Waals surface area contributed by atoms with Crippen LogP contribution < -0.4 is 15.5 Å². The molecule has 0 radical (unpaired) electrons. The van der Waals surface area contributed by atoms with Crippen LogP contribution in [-0.4, -0.2) is 26.0 Å². The van der Waals surface area contributed by atoms with Crippen molar-refractivity contribution in [2.45, 2.75) is 25.7 Å². The van der Waals surface area contributed by atoms with Gasteiger partial charge in [-0.15, -0.1) is 6.58 Å². The van der Waals surface area contributed by atoms with Gasteiger partial charge in [-0.2, -0.15) is 5.26 Å². The van der Waals surface area contributed by atoms with Crippen LogP contribution in [0.2, 0.25) is 0 Å². The number of hydrogen-bond donors (Lipinski definition) is 1. The van der Waals surface area contributed by atoms with Gasteiger partial charge in [-0.05, 0) is 65.5 Å². The normalized spacial score (nSPS) is 16.9. The molecule has 0 aromatic heterocycles. The molecule has 0 saturated heterocycles. The highest BCUT2D eigenvalue weighted by atomic mass is 15.1. The molecule has 0 aliphatic carbocycles. The van der Waals surface area contributed by atoms with Crippen molar-refractivity contribution >= 4 is 22.8 Å². The molecule has 1 aliphatic rings. The molecule has 3 aromatic rings. The largest absolute Gasteiger partial charge is 0.383 e. The summed E-state index contributed by atoms with van der Waals surface area (Å²) < 4.78 is 0. The number of likely N-dealkylation sites (N-methyl/N-ethyl adjacent to an activating group) is 1. The van der Waals surface area contributed by atoms with E-state index in [1.54, 1.807) is 12.2 Å². The van der Waals surface area contributed by atoms with E-state index >= 15 is 0 Å². The van der Waals surface area contributed by atoms with Gasteiger partial charge in [0.15, 0.2) is 0 Å². The van der Waals surface area contributed by atoms with Crippen LogP contribution in [0, 0.1) is 17.2 Å². The number of nitrogens with zero attached hydrogens (tertiary/aromatic N) is 4. The first-order valence-corrected chi connectivity index (χ1v) is 17.8. The second-order valence-corrected chi connectivity index (χ2v) is 13.0. The Balaban J connectivity index is 1.71. The molecule has 2 unspecified atom stereocenters. The maximum absolute atomic E-state index is 9.33. The Morgan fingerprint density at radius 1 is 0.962 bits per heavy atom. The van der Waals surface area contributed by atoms with Gasteiger partial charge in [-0.3, -0.25) is 0 Å². The van der Waals surface area contributed by atoms with Gasteiger partial charge in [0.1, 0.15) is 5.84 Å². The lowest BCUT2D eigenvalue weighted by atomic mass is 9.96. The third-order valence-electron chi connectivity index (χ3n) is 9.06. The van der Waals surface area contributed by atoms with E-state index in [4.69, 9.17) is 10.7 Å². The van der Waals surface area contributed by atoms with Crippen LogP contribution in [0.4, 0.5) is 11.4 Å². The number of para-hydroxylation sites is 2. The summed E-state index contributed by atoms with van der Waals surface area (Å²) in [7, 11) is 2.11. The number of anilines is 2. The fraction of sp³-hybridized carbons (Fsp3) is 0.167. The lowest BCUT2D eigenvalue weighted by Crippen LogP contribution is -2.26. The van der Waals surface area contributed by atoms with E-state index in [2.05, 4.69) is 136 Å². The van der Waals surface area contributed by atoms with Crippen LogP contribution in [-0.2, 0) is 6.42 Å². The van der Waals surface area contributed by atoms with Crippen molar-refractivity contribution in [2.24, 2.45) is 16.6 Å². The van der Waals surface area contributed by atoms with Crippen LogP contribution in [0.3, 0.4) is 0 Å². The fourth-order valence-corrected chi connectivity index (χ4v) is 5.99. The molecule has 2 N–H and O–H groups in total. The highest BCUT2D eigenvalue weighted by Gasteiger charge is 2.20. The van der Waals surface area contributed by atoms with E-state index in [1.807, 2.05) is 54.7 Å². The van der Waals surface area contributed by atoms with Gasteiger partial charge in [-0.1, -0.05) is 143 Å². The van der Waals surface area contributed by atoms with E-state index in [9.17, 15) is 5.26 Å². The Kier molecular flexibility index (Phi) is 14.8. The van der Waals surface area contributed by atoms with Crippen molar-refractivity contribution in [1.29, 1.82) is 5.26 Å². The predicted molar refractivity (Wildman–Crippen MR) is 229 cm³/mol. The summed E-state index contributed by atoms with van der Waals surface area (Å²) >= 11 is 0. The highest BCUT2D eigenvalue weighted by molar-refractivity contribution is 6.00. The molecule has 5 nitrogen and oxygen atoms in total. The number of aliphatic imine (C=N–C) groups is 1. The minimum absolute atomic E-state index is 0.169. The summed E-state index contributed by atoms with van der Waals surface area (Å²) in [6, 6.07) is 29.3. The van der Waals surface area contributed by atoms with E-state index in [0.717, 1.165) is 40.3 Å². The van der Waals surface area contributed by atoms with Gasteiger partial charge in [0, 0.05) is 54.3 Å². The average Bonchev–Trinajstić information content (AvgIpc) is 3.18. The summed E-state index contributed by atoms with van der Waals surface area (Å²) in [6.45, 7) is 24.5. The first kappa shape index (κ1) is 39.4. The van der Waals surface area contributed by atoms with Crippen molar-refractivity contribution in [3.05, 3.63) is 212 Å². The number of hydrogen-bond acceptors (Lipinski definition) is 4. The number of nitriles is 1. The lowest BCUT2D eigenvalue weighted by molar-refractivity contribution is 0.849. The molecule has 0 amide bonds. The quantitative estimate of drug-likeness (QED) is 0.0835. The Bertz CT molecular complexity index is 2030. The van der Waals surface area contributed by atoms with Crippen molar-refractivity contribution in [3.8, 4) is 6.07 Å². The Labute approximate surface area is 317 Å². The first-order chi connectivity index (χ1) is 25.7. The zero-order valence-corrected chi connectivity index (χ0v) is 31.2. The molecule has 0 fully saturated rings. The Morgan fingerprint density at radius 2 is 1.66 bits per heavy atom. The molecule has 0 spiro atoms. The topological polar surface area (TPSA) is 68.6 Å². The summed E-state index contributed by atoms with van der Waals surface area (Å²) in [6.07, 6.45) is 20.8. The van der Waals surface area contributed by atoms with E-state index < -0.39 is 0 Å². The van der Waals surface area contributed by atoms with E-state index in [-0.39, 0.29) is 17.7 Å². The molecule has 268 valence electrons. The van der Waals surface area contributed by atoms with E-state index in [0.29, 0.717) is 36.2 Å². The van der Waals surface area contributed by atoms with Crippen molar-refractivity contribution < 1.29 is 0 Å². The zero-order chi connectivity index (χ0) is 38.2. The molecule has 0 saturated carbocycles. The molecule has 5 heteroatoms. The van der Waals surface area contributed by atoms with Crippen LogP contribution in [0.1, 0.15) is 36.0 Å². The van der Waals surface area contributed by atoms with Crippen LogP contribution in [0.15, 0.2) is 200 Å². The van der Waals surface area contributed by atoms with Crippen molar-refractivity contribution in [2.75, 3.05) is 29.9 Å².